The Balaban J connectivity index is 1.50. The number of nitrogens with zero attached hydrogens (tertiary/aromatic N) is 1. The Kier molecular flexibility index (Phi) is 4.39. The summed E-state index contributed by atoms with van der Waals surface area (Å²) in [7, 11) is 0. The fourth-order valence-corrected chi connectivity index (χ4v) is 5.15. The number of aryl methyl sites for hydroxylation is 2. The van der Waals surface area contributed by atoms with E-state index in [-0.39, 0.29) is 16.7 Å². The number of aromatic amines is 1. The SMILES string of the molecule is C[C@@H](SCc1nc2sc3c(c2c(=O)[nH]1)CCCC3)C(=O)NC1CC1. The van der Waals surface area contributed by atoms with Gasteiger partial charge < -0.3 is 10.3 Å². The average molecular weight is 364 g/mol. The Labute approximate surface area is 148 Å². The molecule has 2 aliphatic rings. The van der Waals surface area contributed by atoms with Gasteiger partial charge in [-0.1, -0.05) is 0 Å². The topological polar surface area (TPSA) is 74.8 Å². The van der Waals surface area contributed by atoms with Crippen molar-refractivity contribution < 1.29 is 4.79 Å². The maximum Gasteiger partial charge on any atom is 0.259 e. The highest BCUT2D eigenvalue weighted by molar-refractivity contribution is 7.99. The summed E-state index contributed by atoms with van der Waals surface area (Å²) in [6.45, 7) is 1.91. The largest absolute Gasteiger partial charge is 0.352 e. The van der Waals surface area contributed by atoms with Crippen molar-refractivity contribution >= 4 is 39.2 Å². The van der Waals surface area contributed by atoms with E-state index in [1.807, 2.05) is 6.92 Å². The van der Waals surface area contributed by atoms with Crippen LogP contribution in [0.5, 0.6) is 0 Å². The zero-order valence-corrected chi connectivity index (χ0v) is 15.3. The molecule has 0 bridgehead atoms. The van der Waals surface area contributed by atoms with E-state index in [2.05, 4.69) is 15.3 Å². The Hall–Kier alpha value is -1.34. The van der Waals surface area contributed by atoms with Crippen molar-refractivity contribution in [1.29, 1.82) is 0 Å². The molecule has 5 nitrogen and oxygen atoms in total. The molecule has 2 aliphatic carbocycles. The molecule has 0 unspecified atom stereocenters. The number of amides is 1. The van der Waals surface area contributed by atoms with Gasteiger partial charge >= 0.3 is 0 Å². The second-order valence-electron chi connectivity index (χ2n) is 6.64. The molecule has 2 N–H and O–H groups in total. The monoisotopic (exact) mass is 363 g/mol. The summed E-state index contributed by atoms with van der Waals surface area (Å²) in [5, 5.41) is 3.67. The van der Waals surface area contributed by atoms with E-state index in [1.165, 1.54) is 28.6 Å². The van der Waals surface area contributed by atoms with Crippen LogP contribution < -0.4 is 10.9 Å². The highest BCUT2D eigenvalue weighted by atomic mass is 32.2. The first kappa shape index (κ1) is 16.1. The van der Waals surface area contributed by atoms with E-state index < -0.39 is 0 Å². The third-order valence-electron chi connectivity index (χ3n) is 4.64. The lowest BCUT2D eigenvalue weighted by Gasteiger charge is -2.11. The summed E-state index contributed by atoms with van der Waals surface area (Å²) in [6, 6.07) is 0.382. The number of carbonyl (C=O) groups is 1. The van der Waals surface area contributed by atoms with Crippen LogP contribution in [0.2, 0.25) is 0 Å². The molecule has 0 saturated heterocycles. The second-order valence-corrected chi connectivity index (χ2v) is 9.05. The Morgan fingerprint density at radius 2 is 2.21 bits per heavy atom. The number of hydrogen-bond donors (Lipinski definition) is 2. The van der Waals surface area contributed by atoms with Crippen molar-refractivity contribution in [3.05, 3.63) is 26.6 Å². The molecular weight excluding hydrogens is 342 g/mol. The van der Waals surface area contributed by atoms with Gasteiger partial charge in [0.05, 0.1) is 16.4 Å². The minimum absolute atomic E-state index is 0.0231. The van der Waals surface area contributed by atoms with Gasteiger partial charge in [0, 0.05) is 10.9 Å². The van der Waals surface area contributed by atoms with Crippen LogP contribution in [0.1, 0.15) is 48.9 Å². The molecule has 0 aromatic carbocycles. The molecule has 4 rings (SSSR count). The van der Waals surface area contributed by atoms with E-state index in [4.69, 9.17) is 0 Å². The zero-order valence-electron chi connectivity index (χ0n) is 13.7. The minimum Gasteiger partial charge on any atom is -0.352 e. The van der Waals surface area contributed by atoms with Gasteiger partial charge in [-0.25, -0.2) is 4.98 Å². The number of hydrogen-bond acceptors (Lipinski definition) is 5. The van der Waals surface area contributed by atoms with Gasteiger partial charge in [-0.2, -0.15) is 0 Å². The average Bonchev–Trinajstić information content (AvgIpc) is 3.29. The van der Waals surface area contributed by atoms with Crippen molar-refractivity contribution in [3.8, 4) is 0 Å². The first-order valence-electron chi connectivity index (χ1n) is 8.57. The molecule has 128 valence electrons. The molecule has 1 amide bonds. The van der Waals surface area contributed by atoms with Gasteiger partial charge in [-0.15, -0.1) is 23.1 Å². The fraction of sp³-hybridized carbons (Fsp3) is 0.588. The van der Waals surface area contributed by atoms with Crippen LogP contribution in [-0.2, 0) is 23.4 Å². The van der Waals surface area contributed by atoms with Crippen LogP contribution in [-0.4, -0.2) is 27.2 Å². The molecule has 0 radical (unpaired) electrons. The van der Waals surface area contributed by atoms with E-state index in [1.54, 1.807) is 11.3 Å². The number of carbonyl (C=O) groups excluding carboxylic acids is 1. The molecule has 2 aromatic rings. The molecule has 24 heavy (non-hydrogen) atoms. The Morgan fingerprint density at radius 3 is 3.00 bits per heavy atom. The molecule has 2 heterocycles. The molecule has 0 aliphatic heterocycles. The first-order chi connectivity index (χ1) is 11.6. The summed E-state index contributed by atoms with van der Waals surface area (Å²) < 4.78 is 0. The molecule has 2 aromatic heterocycles. The number of thioether (sulfide) groups is 1. The first-order valence-corrected chi connectivity index (χ1v) is 10.4. The summed E-state index contributed by atoms with van der Waals surface area (Å²) in [5.41, 5.74) is 1.19. The van der Waals surface area contributed by atoms with Crippen LogP contribution >= 0.6 is 23.1 Å². The minimum atomic E-state index is -0.136. The van der Waals surface area contributed by atoms with Crippen molar-refractivity contribution in [2.24, 2.45) is 0 Å². The van der Waals surface area contributed by atoms with Crippen molar-refractivity contribution in [3.63, 3.8) is 0 Å². The van der Waals surface area contributed by atoms with Crippen molar-refractivity contribution in [2.45, 2.75) is 62.5 Å². The molecule has 1 atom stereocenters. The molecule has 1 fully saturated rings. The predicted molar refractivity (Wildman–Crippen MR) is 98.8 cm³/mol. The molecule has 7 heteroatoms. The summed E-state index contributed by atoms with van der Waals surface area (Å²) >= 11 is 3.19. The summed E-state index contributed by atoms with van der Waals surface area (Å²) in [4.78, 5) is 34.3. The normalized spacial score (nSPS) is 18.4. The van der Waals surface area contributed by atoms with E-state index in [0.717, 1.165) is 42.3 Å². The molecule has 0 spiro atoms. The maximum atomic E-state index is 12.5. The van der Waals surface area contributed by atoms with Gasteiger partial charge in [-0.05, 0) is 51.0 Å². The van der Waals surface area contributed by atoms with Gasteiger partial charge in [0.1, 0.15) is 10.7 Å². The van der Waals surface area contributed by atoms with Crippen LogP contribution in [0.15, 0.2) is 4.79 Å². The van der Waals surface area contributed by atoms with E-state index >= 15 is 0 Å². The van der Waals surface area contributed by atoms with E-state index in [0.29, 0.717) is 17.6 Å². The second kappa shape index (κ2) is 6.52. The Bertz CT molecular complexity index is 838. The zero-order chi connectivity index (χ0) is 16.7. The quantitative estimate of drug-likeness (QED) is 0.857. The third-order valence-corrected chi connectivity index (χ3v) is 6.98. The highest BCUT2D eigenvalue weighted by Crippen LogP contribution is 2.33. The number of thiophene rings is 1. The molecular formula is C17H21N3O2S2. The molecule has 1 saturated carbocycles. The summed E-state index contributed by atoms with van der Waals surface area (Å²) in [5.74, 6) is 1.30. The smallest absolute Gasteiger partial charge is 0.259 e. The number of H-pyrrole nitrogens is 1. The van der Waals surface area contributed by atoms with Crippen LogP contribution in [0.4, 0.5) is 0 Å². The van der Waals surface area contributed by atoms with Crippen LogP contribution in [0.25, 0.3) is 10.2 Å². The van der Waals surface area contributed by atoms with Gasteiger partial charge in [0.2, 0.25) is 5.91 Å². The van der Waals surface area contributed by atoms with Gasteiger partial charge in [0.25, 0.3) is 5.56 Å². The lowest BCUT2D eigenvalue weighted by molar-refractivity contribution is -0.120. The van der Waals surface area contributed by atoms with E-state index in [9.17, 15) is 9.59 Å². The number of rotatable bonds is 5. The van der Waals surface area contributed by atoms with Crippen molar-refractivity contribution in [2.75, 3.05) is 0 Å². The highest BCUT2D eigenvalue weighted by Gasteiger charge is 2.26. The fourth-order valence-electron chi connectivity index (χ4n) is 3.10. The lowest BCUT2D eigenvalue weighted by atomic mass is 9.97. The van der Waals surface area contributed by atoms with Crippen LogP contribution in [0, 0.1) is 0 Å². The number of aromatic nitrogens is 2. The third kappa shape index (κ3) is 3.24. The van der Waals surface area contributed by atoms with Gasteiger partial charge in [0.15, 0.2) is 0 Å². The lowest BCUT2D eigenvalue weighted by Crippen LogP contribution is -2.32. The number of fused-ring (bicyclic) bond motifs is 3. The standard InChI is InChI=1S/C17H21N3O2S2/c1-9(15(21)18-10-6-7-10)23-8-13-19-16(22)14-11-4-2-3-5-12(11)24-17(14)20-13/h9-10H,2-8H2,1H3,(H,18,21)(H,19,20,22)/t9-/m1/s1. The van der Waals surface area contributed by atoms with Crippen LogP contribution in [0.3, 0.4) is 0 Å². The Morgan fingerprint density at radius 1 is 1.42 bits per heavy atom. The van der Waals surface area contributed by atoms with Crippen molar-refractivity contribution in [1.82, 2.24) is 15.3 Å². The maximum absolute atomic E-state index is 12.5. The number of nitrogens with one attached hydrogen (secondary N) is 2. The summed E-state index contributed by atoms with van der Waals surface area (Å²) in [6.07, 6.45) is 6.61. The van der Waals surface area contributed by atoms with Gasteiger partial charge in [-0.3, -0.25) is 9.59 Å². The predicted octanol–water partition coefficient (Wildman–Crippen LogP) is 2.76.